The fourth-order valence-corrected chi connectivity index (χ4v) is 2.43. The Balaban J connectivity index is 1.68. The molecular formula is C14H17NO3. The molecule has 0 bridgehead atoms. The van der Waals surface area contributed by atoms with Crippen molar-refractivity contribution in [2.75, 3.05) is 13.2 Å². The van der Waals surface area contributed by atoms with E-state index in [0.29, 0.717) is 18.8 Å². The molecule has 96 valence electrons. The number of carbonyl (C=O) groups excluding carboxylic acids is 1. The summed E-state index contributed by atoms with van der Waals surface area (Å²) in [6.45, 7) is 3.11. The van der Waals surface area contributed by atoms with Crippen LogP contribution in [0.3, 0.4) is 0 Å². The van der Waals surface area contributed by atoms with Gasteiger partial charge in [-0.1, -0.05) is 6.07 Å². The second kappa shape index (κ2) is 5.08. The molecule has 0 atom stereocenters. The molecule has 0 aliphatic carbocycles. The molecule has 0 saturated carbocycles. The van der Waals surface area contributed by atoms with Crippen molar-refractivity contribution in [1.29, 1.82) is 0 Å². The van der Waals surface area contributed by atoms with Gasteiger partial charge in [-0.05, 0) is 23.3 Å². The predicted molar refractivity (Wildman–Crippen MR) is 66.2 cm³/mol. The van der Waals surface area contributed by atoms with E-state index < -0.39 is 0 Å². The van der Waals surface area contributed by atoms with E-state index in [2.05, 4.69) is 5.32 Å². The van der Waals surface area contributed by atoms with Gasteiger partial charge >= 0.3 is 5.97 Å². The molecule has 0 aromatic heterocycles. The summed E-state index contributed by atoms with van der Waals surface area (Å²) >= 11 is 0. The van der Waals surface area contributed by atoms with Gasteiger partial charge in [-0.25, -0.2) is 4.79 Å². The van der Waals surface area contributed by atoms with Gasteiger partial charge in [0.2, 0.25) is 0 Å². The molecule has 1 fully saturated rings. The largest absolute Gasteiger partial charge is 0.459 e. The molecule has 2 aliphatic heterocycles. The van der Waals surface area contributed by atoms with Gasteiger partial charge in [0.25, 0.3) is 0 Å². The van der Waals surface area contributed by atoms with Gasteiger partial charge in [0.1, 0.15) is 6.10 Å². The number of esters is 1. The highest BCUT2D eigenvalue weighted by Gasteiger charge is 2.20. The summed E-state index contributed by atoms with van der Waals surface area (Å²) < 4.78 is 10.7. The molecule has 1 aromatic carbocycles. The highest BCUT2D eigenvalue weighted by Crippen LogP contribution is 2.19. The van der Waals surface area contributed by atoms with Gasteiger partial charge in [-0.15, -0.1) is 0 Å². The summed E-state index contributed by atoms with van der Waals surface area (Å²) in [5.41, 5.74) is 3.14. The average Bonchev–Trinajstić information content (AvgIpc) is 2.87. The van der Waals surface area contributed by atoms with Crippen molar-refractivity contribution in [3.05, 3.63) is 34.9 Å². The zero-order chi connectivity index (χ0) is 12.4. The molecule has 0 unspecified atom stereocenters. The van der Waals surface area contributed by atoms with Gasteiger partial charge in [0.05, 0.1) is 18.8 Å². The second-order valence-electron chi connectivity index (χ2n) is 4.80. The first kappa shape index (κ1) is 11.7. The third kappa shape index (κ3) is 2.40. The molecular weight excluding hydrogens is 230 g/mol. The number of fused-ring (bicyclic) bond motifs is 1. The lowest BCUT2D eigenvalue weighted by Crippen LogP contribution is -2.26. The van der Waals surface area contributed by atoms with Crippen LogP contribution in [0.2, 0.25) is 0 Å². The molecule has 18 heavy (non-hydrogen) atoms. The van der Waals surface area contributed by atoms with Crippen LogP contribution < -0.4 is 5.32 Å². The number of carbonyl (C=O) groups is 1. The molecule has 0 radical (unpaired) electrons. The number of hydrogen-bond acceptors (Lipinski definition) is 4. The Morgan fingerprint density at radius 2 is 2.00 bits per heavy atom. The Bertz CT molecular complexity index is 452. The van der Waals surface area contributed by atoms with E-state index in [4.69, 9.17) is 9.47 Å². The van der Waals surface area contributed by atoms with Crippen LogP contribution in [0.15, 0.2) is 18.2 Å². The third-order valence-corrected chi connectivity index (χ3v) is 3.51. The predicted octanol–water partition coefficient (Wildman–Crippen LogP) is 1.63. The van der Waals surface area contributed by atoms with E-state index in [-0.39, 0.29) is 12.1 Å². The monoisotopic (exact) mass is 247 g/mol. The lowest BCUT2D eigenvalue weighted by molar-refractivity contribution is -0.0159. The van der Waals surface area contributed by atoms with E-state index in [1.165, 1.54) is 11.1 Å². The number of nitrogens with one attached hydrogen (secondary N) is 1. The molecule has 1 aromatic rings. The van der Waals surface area contributed by atoms with E-state index in [1.807, 2.05) is 18.2 Å². The van der Waals surface area contributed by atoms with Crippen LogP contribution in [0.4, 0.5) is 0 Å². The standard InChI is InChI=1S/C14H17NO3/c16-14(18-13-3-5-17-6-4-13)10-1-2-11-8-15-9-12(11)7-10/h1-2,7,13,15H,3-6,8-9H2. The number of ether oxygens (including phenoxy) is 2. The molecule has 3 rings (SSSR count). The summed E-state index contributed by atoms with van der Waals surface area (Å²) in [5.74, 6) is -0.211. The average molecular weight is 247 g/mol. The minimum atomic E-state index is -0.211. The van der Waals surface area contributed by atoms with Gasteiger partial charge in [-0.3, -0.25) is 0 Å². The highest BCUT2D eigenvalue weighted by atomic mass is 16.6. The van der Waals surface area contributed by atoms with E-state index in [0.717, 1.165) is 25.9 Å². The highest BCUT2D eigenvalue weighted by molar-refractivity contribution is 5.89. The second-order valence-corrected chi connectivity index (χ2v) is 4.80. The zero-order valence-corrected chi connectivity index (χ0v) is 10.3. The summed E-state index contributed by atoms with van der Waals surface area (Å²) in [4.78, 5) is 12.0. The van der Waals surface area contributed by atoms with Crippen molar-refractivity contribution in [3.63, 3.8) is 0 Å². The maximum atomic E-state index is 12.0. The molecule has 4 nitrogen and oxygen atoms in total. The van der Waals surface area contributed by atoms with Crippen LogP contribution >= 0.6 is 0 Å². The minimum Gasteiger partial charge on any atom is -0.459 e. The quantitative estimate of drug-likeness (QED) is 0.807. The van der Waals surface area contributed by atoms with E-state index in [9.17, 15) is 4.79 Å². The first-order valence-electron chi connectivity index (χ1n) is 6.44. The molecule has 0 amide bonds. The van der Waals surface area contributed by atoms with Crippen molar-refractivity contribution in [2.24, 2.45) is 0 Å². The van der Waals surface area contributed by atoms with E-state index in [1.54, 1.807) is 0 Å². The molecule has 2 aliphatic rings. The van der Waals surface area contributed by atoms with Crippen molar-refractivity contribution in [3.8, 4) is 0 Å². The number of rotatable bonds is 2. The van der Waals surface area contributed by atoms with Crippen LogP contribution in [-0.4, -0.2) is 25.3 Å². The maximum absolute atomic E-state index is 12.0. The first-order valence-corrected chi connectivity index (χ1v) is 6.44. The van der Waals surface area contributed by atoms with Crippen molar-refractivity contribution in [2.45, 2.75) is 32.0 Å². The van der Waals surface area contributed by atoms with Crippen LogP contribution in [0.25, 0.3) is 0 Å². The Hall–Kier alpha value is -1.39. The first-order chi connectivity index (χ1) is 8.83. The van der Waals surface area contributed by atoms with Crippen LogP contribution in [0.1, 0.15) is 34.3 Å². The fourth-order valence-electron chi connectivity index (χ4n) is 2.43. The van der Waals surface area contributed by atoms with Crippen LogP contribution in [0, 0.1) is 0 Å². The Morgan fingerprint density at radius 1 is 1.22 bits per heavy atom. The lowest BCUT2D eigenvalue weighted by atomic mass is 10.1. The SMILES string of the molecule is O=C(OC1CCOCC1)c1ccc2c(c1)CNC2. The Kier molecular flexibility index (Phi) is 3.30. The van der Waals surface area contributed by atoms with Gasteiger partial charge in [0, 0.05) is 25.9 Å². The third-order valence-electron chi connectivity index (χ3n) is 3.51. The topological polar surface area (TPSA) is 47.6 Å². The molecule has 1 saturated heterocycles. The van der Waals surface area contributed by atoms with E-state index >= 15 is 0 Å². The van der Waals surface area contributed by atoms with Crippen molar-refractivity contribution >= 4 is 5.97 Å². The summed E-state index contributed by atoms with van der Waals surface area (Å²) in [6, 6.07) is 5.81. The minimum absolute atomic E-state index is 0.0117. The summed E-state index contributed by atoms with van der Waals surface area (Å²) in [5, 5.41) is 3.27. The van der Waals surface area contributed by atoms with Crippen molar-refractivity contribution in [1.82, 2.24) is 5.32 Å². The zero-order valence-electron chi connectivity index (χ0n) is 10.3. The van der Waals surface area contributed by atoms with Crippen molar-refractivity contribution < 1.29 is 14.3 Å². The fraction of sp³-hybridized carbons (Fsp3) is 0.500. The smallest absolute Gasteiger partial charge is 0.338 e. The summed E-state index contributed by atoms with van der Waals surface area (Å²) in [6.07, 6.45) is 1.62. The molecule has 4 heteroatoms. The molecule has 0 spiro atoms. The van der Waals surface area contributed by atoms with Gasteiger partial charge < -0.3 is 14.8 Å². The van der Waals surface area contributed by atoms with Gasteiger partial charge in [-0.2, -0.15) is 0 Å². The van der Waals surface area contributed by atoms with Crippen LogP contribution in [0.5, 0.6) is 0 Å². The number of hydrogen-bond donors (Lipinski definition) is 1. The summed E-state index contributed by atoms with van der Waals surface area (Å²) in [7, 11) is 0. The number of benzene rings is 1. The lowest BCUT2D eigenvalue weighted by Gasteiger charge is -2.22. The maximum Gasteiger partial charge on any atom is 0.338 e. The Labute approximate surface area is 106 Å². The van der Waals surface area contributed by atoms with Gasteiger partial charge in [0.15, 0.2) is 0 Å². The molecule has 2 heterocycles. The Morgan fingerprint density at radius 3 is 2.83 bits per heavy atom. The normalized spacial score (nSPS) is 19.6. The molecule has 1 N–H and O–H groups in total. The van der Waals surface area contributed by atoms with Crippen LogP contribution in [-0.2, 0) is 22.6 Å².